The van der Waals surface area contributed by atoms with E-state index in [4.69, 9.17) is 5.84 Å². The second kappa shape index (κ2) is 6.16. The third-order valence-electron chi connectivity index (χ3n) is 3.05. The van der Waals surface area contributed by atoms with Crippen LogP contribution in [0.15, 0.2) is 28.2 Å². The monoisotopic (exact) mass is 373 g/mol. The van der Waals surface area contributed by atoms with Crippen LogP contribution in [0.4, 0.5) is 18.9 Å². The van der Waals surface area contributed by atoms with Crippen molar-refractivity contribution in [3.8, 4) is 0 Å². The van der Waals surface area contributed by atoms with Gasteiger partial charge >= 0.3 is 11.9 Å². The molecule has 2 heterocycles. The molecule has 0 saturated heterocycles. The van der Waals surface area contributed by atoms with E-state index in [-0.39, 0.29) is 21.3 Å². The van der Waals surface area contributed by atoms with Gasteiger partial charge in [-0.25, -0.2) is 9.47 Å². The number of aromatic amines is 2. The molecule has 0 unspecified atom stereocenters. The number of nitrogens with two attached hydrogens (primary N) is 1. The molecule has 0 aliphatic heterocycles. The number of fused-ring (bicyclic) bond motifs is 1. The second-order valence-electron chi connectivity index (χ2n) is 4.85. The first-order valence-electron chi connectivity index (χ1n) is 6.66. The number of nitrogen functional groups attached to an aromatic ring is 1. The fraction of sp³-hybridized carbons (Fsp3) is 0.167. The number of rotatable bonds is 4. The van der Waals surface area contributed by atoms with Crippen LogP contribution < -0.4 is 16.8 Å². The van der Waals surface area contributed by atoms with Crippen molar-refractivity contribution in [3.05, 3.63) is 34.5 Å². The van der Waals surface area contributed by atoms with Crippen LogP contribution in [0.2, 0.25) is 0 Å². The Morgan fingerprint density at radius 1 is 1.28 bits per heavy atom. The molecule has 0 saturated carbocycles. The number of carbonyl (C=O) groups excluding carboxylic acids is 1. The van der Waals surface area contributed by atoms with Gasteiger partial charge in [0.2, 0.25) is 11.1 Å². The van der Waals surface area contributed by atoms with Crippen molar-refractivity contribution in [2.45, 2.75) is 11.3 Å². The summed E-state index contributed by atoms with van der Waals surface area (Å²) in [6.45, 7) is 0. The Kier molecular flexibility index (Phi) is 4.16. The molecule has 132 valence electrons. The lowest BCUT2D eigenvalue weighted by atomic mass is 10.3. The first-order valence-corrected chi connectivity index (χ1v) is 7.65. The van der Waals surface area contributed by atoms with Crippen molar-refractivity contribution in [1.29, 1.82) is 0 Å². The molecule has 13 heteroatoms. The number of nitrogens with one attached hydrogen (secondary N) is 3. The summed E-state index contributed by atoms with van der Waals surface area (Å²) in [4.78, 5) is 28.2. The Morgan fingerprint density at radius 2 is 2.00 bits per heavy atom. The van der Waals surface area contributed by atoms with Crippen LogP contribution in [0.1, 0.15) is 5.82 Å². The molecule has 0 aliphatic rings. The highest BCUT2D eigenvalue weighted by Gasteiger charge is 2.38. The average molecular weight is 373 g/mol. The summed E-state index contributed by atoms with van der Waals surface area (Å²) >= 11 is 0.707. The number of thioether (sulfide) groups is 1. The van der Waals surface area contributed by atoms with Gasteiger partial charge in [-0.05, 0) is 18.2 Å². The minimum absolute atomic E-state index is 0.227. The first-order chi connectivity index (χ1) is 11.7. The van der Waals surface area contributed by atoms with Gasteiger partial charge in [0.05, 0.1) is 16.8 Å². The molecule has 9 nitrogen and oxygen atoms in total. The van der Waals surface area contributed by atoms with Crippen molar-refractivity contribution >= 4 is 34.4 Å². The number of carbonyl (C=O) groups is 1. The molecular weight excluding hydrogens is 363 g/mol. The Bertz CT molecular complexity index is 991. The zero-order chi connectivity index (χ0) is 18.2. The molecule has 3 aromatic rings. The van der Waals surface area contributed by atoms with Gasteiger partial charge < -0.3 is 21.1 Å². The minimum atomic E-state index is -4.73. The number of benzene rings is 1. The van der Waals surface area contributed by atoms with E-state index in [0.29, 0.717) is 28.5 Å². The smallest absolute Gasteiger partial charge is 0.335 e. The number of anilines is 1. The SMILES string of the molecule is Nn1c(SCC(=O)Nc2ccc3[nH]c(=O)[nH]c3c2)nnc1C(F)(F)F. The number of alkyl halides is 3. The lowest BCUT2D eigenvalue weighted by Gasteiger charge is -2.06. The molecule has 1 aromatic carbocycles. The van der Waals surface area contributed by atoms with Gasteiger partial charge in [-0.1, -0.05) is 11.8 Å². The predicted octanol–water partition coefficient (Wildman–Crippen LogP) is 0.911. The molecule has 0 bridgehead atoms. The zero-order valence-electron chi connectivity index (χ0n) is 12.2. The van der Waals surface area contributed by atoms with Crippen LogP contribution in [-0.2, 0) is 11.0 Å². The molecule has 2 aromatic heterocycles. The van der Waals surface area contributed by atoms with E-state index in [1.54, 1.807) is 18.2 Å². The lowest BCUT2D eigenvalue weighted by molar-refractivity contribution is -0.146. The standard InChI is InChI=1S/C12H10F3N7O2S/c13-12(14,15)9-20-21-11(22(9)16)25-4-8(23)17-5-1-2-6-7(3-5)19-10(24)18-6/h1-3H,4,16H2,(H,17,23)(H2,18,19,24). The summed E-state index contributed by atoms with van der Waals surface area (Å²) in [5, 5.41) is 8.58. The maximum absolute atomic E-state index is 12.6. The van der Waals surface area contributed by atoms with Gasteiger partial charge in [-0.15, -0.1) is 10.2 Å². The number of aromatic nitrogens is 5. The van der Waals surface area contributed by atoms with Gasteiger partial charge in [0.1, 0.15) is 0 Å². The van der Waals surface area contributed by atoms with Gasteiger partial charge in [-0.3, -0.25) is 4.79 Å². The second-order valence-corrected chi connectivity index (χ2v) is 5.79. The summed E-state index contributed by atoms with van der Waals surface area (Å²) in [7, 11) is 0. The van der Waals surface area contributed by atoms with Crippen molar-refractivity contribution in [1.82, 2.24) is 24.8 Å². The van der Waals surface area contributed by atoms with E-state index in [9.17, 15) is 22.8 Å². The number of hydrogen-bond acceptors (Lipinski definition) is 6. The zero-order valence-corrected chi connectivity index (χ0v) is 13.0. The predicted molar refractivity (Wildman–Crippen MR) is 83.4 cm³/mol. The Hall–Kier alpha value is -2.96. The van der Waals surface area contributed by atoms with Gasteiger partial charge in [0, 0.05) is 5.69 Å². The molecular formula is C12H10F3N7O2S. The molecule has 0 fully saturated rings. The molecule has 1 amide bonds. The number of amides is 1. The normalized spacial score (nSPS) is 11.8. The highest BCUT2D eigenvalue weighted by Crippen LogP contribution is 2.28. The fourth-order valence-electron chi connectivity index (χ4n) is 2.01. The number of imidazole rings is 1. The van der Waals surface area contributed by atoms with E-state index in [1.807, 2.05) is 0 Å². The van der Waals surface area contributed by atoms with Crippen LogP contribution in [0.5, 0.6) is 0 Å². The average Bonchev–Trinajstić information content (AvgIpc) is 3.06. The Labute approximate surface area is 140 Å². The molecule has 5 N–H and O–H groups in total. The van der Waals surface area contributed by atoms with Gasteiger partial charge in [0.25, 0.3) is 5.82 Å². The summed E-state index contributed by atoms with van der Waals surface area (Å²) in [6.07, 6.45) is -4.73. The number of hydrogen-bond donors (Lipinski definition) is 4. The van der Waals surface area contributed by atoms with Crippen LogP contribution in [0.3, 0.4) is 0 Å². The third kappa shape index (κ3) is 3.60. The summed E-state index contributed by atoms with van der Waals surface area (Å²) in [5.74, 6) is 3.21. The highest BCUT2D eigenvalue weighted by molar-refractivity contribution is 7.99. The van der Waals surface area contributed by atoms with Crippen LogP contribution >= 0.6 is 11.8 Å². The van der Waals surface area contributed by atoms with Gasteiger partial charge in [-0.2, -0.15) is 13.2 Å². The molecule has 0 aliphatic carbocycles. The van der Waals surface area contributed by atoms with E-state index >= 15 is 0 Å². The van der Waals surface area contributed by atoms with E-state index in [0.717, 1.165) is 0 Å². The van der Waals surface area contributed by atoms with E-state index < -0.39 is 17.9 Å². The van der Waals surface area contributed by atoms with Crippen LogP contribution in [0, 0.1) is 0 Å². The topological polar surface area (TPSA) is 134 Å². The largest absolute Gasteiger partial charge is 0.453 e. The Morgan fingerprint density at radius 3 is 2.68 bits per heavy atom. The number of nitrogens with zero attached hydrogens (tertiary/aromatic N) is 3. The number of halogens is 3. The molecule has 25 heavy (non-hydrogen) atoms. The maximum Gasteiger partial charge on any atom is 0.453 e. The number of H-pyrrole nitrogens is 2. The maximum atomic E-state index is 12.6. The van der Waals surface area contributed by atoms with Crippen molar-refractivity contribution < 1.29 is 18.0 Å². The summed E-state index contributed by atoms with van der Waals surface area (Å²) in [5.41, 5.74) is 1.12. The quantitative estimate of drug-likeness (QED) is 0.397. The third-order valence-corrected chi connectivity index (χ3v) is 3.99. The fourth-order valence-corrected chi connectivity index (χ4v) is 2.66. The molecule has 3 rings (SSSR count). The molecule has 0 atom stereocenters. The highest BCUT2D eigenvalue weighted by atomic mass is 32.2. The first kappa shape index (κ1) is 16.9. The minimum Gasteiger partial charge on any atom is -0.335 e. The Balaban J connectivity index is 1.64. The van der Waals surface area contributed by atoms with Crippen molar-refractivity contribution in [3.63, 3.8) is 0 Å². The van der Waals surface area contributed by atoms with Gasteiger partial charge in [0.15, 0.2) is 0 Å². The summed E-state index contributed by atoms with van der Waals surface area (Å²) < 4.78 is 38.0. The van der Waals surface area contributed by atoms with E-state index in [2.05, 4.69) is 25.5 Å². The van der Waals surface area contributed by atoms with Crippen molar-refractivity contribution in [2.24, 2.45) is 0 Å². The molecule has 0 spiro atoms. The van der Waals surface area contributed by atoms with Crippen LogP contribution in [-0.4, -0.2) is 36.5 Å². The van der Waals surface area contributed by atoms with Crippen molar-refractivity contribution in [2.75, 3.05) is 16.9 Å². The summed E-state index contributed by atoms with van der Waals surface area (Å²) in [6, 6.07) is 4.72. The lowest BCUT2D eigenvalue weighted by Crippen LogP contribution is -2.22. The van der Waals surface area contributed by atoms with Crippen LogP contribution in [0.25, 0.3) is 11.0 Å². The molecule has 0 radical (unpaired) electrons. The van der Waals surface area contributed by atoms with E-state index in [1.165, 1.54) is 0 Å².